The third-order valence-electron chi connectivity index (χ3n) is 2.04. The monoisotopic (exact) mass is 243 g/mol. The number of methoxy groups -OCH3 is 2. The molecule has 0 amide bonds. The van der Waals surface area contributed by atoms with Crippen molar-refractivity contribution in [1.82, 2.24) is 0 Å². The average molecular weight is 244 g/mol. The van der Waals surface area contributed by atoms with Crippen LogP contribution in [-0.4, -0.2) is 25.9 Å². The molecule has 0 atom stereocenters. The van der Waals surface area contributed by atoms with Crippen LogP contribution in [0.15, 0.2) is 12.1 Å². The van der Waals surface area contributed by atoms with Crippen molar-refractivity contribution in [1.29, 1.82) is 0 Å². The number of aromatic hydroxyl groups is 1. The van der Waals surface area contributed by atoms with E-state index in [0.717, 1.165) is 0 Å². The van der Waals surface area contributed by atoms with Gasteiger partial charge < -0.3 is 20.3 Å². The van der Waals surface area contributed by atoms with Gasteiger partial charge in [0, 0.05) is 18.2 Å². The van der Waals surface area contributed by atoms with Gasteiger partial charge in [0.1, 0.15) is 5.75 Å². The molecule has 0 aliphatic heterocycles. The number of benzene rings is 1. The maximum atomic E-state index is 9.60. The molecule has 1 rings (SSSR count). The minimum Gasteiger partial charge on any atom is -0.506 e. The molecule has 16 heavy (non-hydrogen) atoms. The molecular weight excluding hydrogens is 230 g/mol. The van der Waals surface area contributed by atoms with E-state index in [1.165, 1.54) is 20.3 Å². The van der Waals surface area contributed by atoms with Crippen LogP contribution in [0.4, 0.5) is 0 Å². The lowest BCUT2D eigenvalue weighted by molar-refractivity contribution is 0.351. The summed E-state index contributed by atoms with van der Waals surface area (Å²) in [7, 11) is 2.99. The molecule has 5 heteroatoms. The lowest BCUT2D eigenvalue weighted by atomic mass is 10.1. The van der Waals surface area contributed by atoms with Crippen molar-refractivity contribution in [2.24, 2.45) is 5.73 Å². The molecule has 0 heterocycles. The Hall–Kier alpha value is -1.39. The number of hydrogen-bond acceptors (Lipinski definition) is 4. The summed E-state index contributed by atoms with van der Waals surface area (Å²) >= 11 is 5.96. The fourth-order valence-electron chi connectivity index (χ4n) is 1.32. The van der Waals surface area contributed by atoms with Crippen LogP contribution in [-0.2, 0) is 0 Å². The summed E-state index contributed by atoms with van der Waals surface area (Å²) in [6.07, 6.45) is 3.39. The highest BCUT2D eigenvalue weighted by Gasteiger charge is 2.15. The van der Waals surface area contributed by atoms with Crippen molar-refractivity contribution in [3.8, 4) is 17.2 Å². The molecule has 1 aromatic carbocycles. The summed E-state index contributed by atoms with van der Waals surface area (Å²) in [5, 5.41) is 9.81. The first-order valence-electron chi connectivity index (χ1n) is 4.65. The van der Waals surface area contributed by atoms with Crippen LogP contribution in [0.1, 0.15) is 5.56 Å². The van der Waals surface area contributed by atoms with Crippen molar-refractivity contribution >= 4 is 17.7 Å². The zero-order valence-electron chi connectivity index (χ0n) is 9.16. The Bertz CT molecular complexity index is 405. The third kappa shape index (κ3) is 2.40. The third-order valence-corrected chi connectivity index (χ3v) is 2.44. The Morgan fingerprint density at radius 3 is 2.62 bits per heavy atom. The lowest BCUT2D eigenvalue weighted by Gasteiger charge is -2.13. The Morgan fingerprint density at radius 2 is 2.12 bits per heavy atom. The highest BCUT2D eigenvalue weighted by Crippen LogP contribution is 2.42. The van der Waals surface area contributed by atoms with Gasteiger partial charge in [-0.25, -0.2) is 0 Å². The summed E-state index contributed by atoms with van der Waals surface area (Å²) in [6, 6.07) is 1.40. The molecule has 1 aromatic rings. The summed E-state index contributed by atoms with van der Waals surface area (Å²) in [4.78, 5) is 0. The van der Waals surface area contributed by atoms with Crippen LogP contribution in [0, 0.1) is 0 Å². The van der Waals surface area contributed by atoms with Gasteiger partial charge in [-0.15, -0.1) is 0 Å². The molecular formula is C11H14ClNO3. The van der Waals surface area contributed by atoms with Gasteiger partial charge in [-0.05, 0) is 0 Å². The van der Waals surface area contributed by atoms with E-state index in [0.29, 0.717) is 23.6 Å². The summed E-state index contributed by atoms with van der Waals surface area (Å²) < 4.78 is 10.3. The molecule has 0 fully saturated rings. The van der Waals surface area contributed by atoms with E-state index in [2.05, 4.69) is 0 Å². The quantitative estimate of drug-likeness (QED) is 0.849. The Labute approximate surface area is 99.2 Å². The van der Waals surface area contributed by atoms with Crippen LogP contribution < -0.4 is 15.2 Å². The van der Waals surface area contributed by atoms with Gasteiger partial charge >= 0.3 is 0 Å². The molecule has 0 aromatic heterocycles. The van der Waals surface area contributed by atoms with Gasteiger partial charge in [0.15, 0.2) is 11.5 Å². The topological polar surface area (TPSA) is 64.7 Å². The second-order valence-corrected chi connectivity index (χ2v) is 3.37. The zero-order valence-corrected chi connectivity index (χ0v) is 9.91. The molecule has 0 saturated carbocycles. The molecule has 0 aliphatic carbocycles. The first-order chi connectivity index (χ1) is 7.65. The molecule has 0 aliphatic rings. The minimum absolute atomic E-state index is 0.0593. The highest BCUT2D eigenvalue weighted by atomic mass is 35.5. The number of phenols is 1. The molecule has 0 saturated heterocycles. The summed E-state index contributed by atoms with van der Waals surface area (Å²) in [5.74, 6) is 0.826. The molecule has 4 nitrogen and oxygen atoms in total. The molecule has 0 spiro atoms. The average Bonchev–Trinajstić information content (AvgIpc) is 2.30. The van der Waals surface area contributed by atoms with Gasteiger partial charge in [-0.1, -0.05) is 23.8 Å². The summed E-state index contributed by atoms with van der Waals surface area (Å²) in [6.45, 7) is 0.372. The van der Waals surface area contributed by atoms with Crippen molar-refractivity contribution in [3.63, 3.8) is 0 Å². The second-order valence-electron chi connectivity index (χ2n) is 3.00. The molecule has 3 N–H and O–H groups in total. The maximum absolute atomic E-state index is 9.60. The number of hydrogen-bond donors (Lipinski definition) is 2. The Kier molecular flexibility index (Phi) is 4.46. The molecule has 88 valence electrons. The number of ether oxygens (including phenoxy) is 2. The van der Waals surface area contributed by atoms with Crippen molar-refractivity contribution < 1.29 is 14.6 Å². The SMILES string of the molecule is COc1cc(O)c(Cl)c(/C=C/CN)c1OC. The van der Waals surface area contributed by atoms with Crippen molar-refractivity contribution in [2.75, 3.05) is 20.8 Å². The second kappa shape index (κ2) is 5.63. The van der Waals surface area contributed by atoms with Gasteiger partial charge in [-0.2, -0.15) is 0 Å². The fourth-order valence-corrected chi connectivity index (χ4v) is 1.52. The van der Waals surface area contributed by atoms with Crippen LogP contribution in [0.25, 0.3) is 6.08 Å². The molecule has 0 bridgehead atoms. The molecule has 0 radical (unpaired) electrons. The summed E-state index contributed by atoms with van der Waals surface area (Å²) in [5.41, 5.74) is 5.91. The van der Waals surface area contributed by atoms with Crippen molar-refractivity contribution in [3.05, 3.63) is 22.7 Å². The predicted octanol–water partition coefficient (Wildman–Crippen LogP) is 2.03. The number of halogens is 1. The van der Waals surface area contributed by atoms with E-state index in [1.807, 2.05) is 0 Å². The van der Waals surface area contributed by atoms with Gasteiger partial charge in [0.05, 0.1) is 19.2 Å². The van der Waals surface area contributed by atoms with Gasteiger partial charge in [0.2, 0.25) is 0 Å². The maximum Gasteiger partial charge on any atom is 0.169 e. The number of phenolic OH excluding ortho intramolecular Hbond substituents is 1. The van der Waals surface area contributed by atoms with Crippen LogP contribution >= 0.6 is 11.6 Å². The fraction of sp³-hybridized carbons (Fsp3) is 0.273. The van der Waals surface area contributed by atoms with Crippen LogP contribution in [0.2, 0.25) is 5.02 Å². The Morgan fingerprint density at radius 1 is 1.44 bits per heavy atom. The minimum atomic E-state index is -0.0593. The van der Waals surface area contributed by atoms with Crippen LogP contribution in [0.5, 0.6) is 17.2 Å². The van der Waals surface area contributed by atoms with Gasteiger partial charge in [-0.3, -0.25) is 0 Å². The van der Waals surface area contributed by atoms with Gasteiger partial charge in [0.25, 0.3) is 0 Å². The normalized spacial score (nSPS) is 10.8. The lowest BCUT2D eigenvalue weighted by Crippen LogP contribution is -1.96. The highest BCUT2D eigenvalue weighted by molar-refractivity contribution is 6.33. The van der Waals surface area contributed by atoms with E-state index in [-0.39, 0.29) is 10.8 Å². The first kappa shape index (κ1) is 12.7. The van der Waals surface area contributed by atoms with E-state index >= 15 is 0 Å². The van der Waals surface area contributed by atoms with E-state index in [4.69, 9.17) is 26.8 Å². The smallest absolute Gasteiger partial charge is 0.169 e. The Balaban J connectivity index is 3.40. The first-order valence-corrected chi connectivity index (χ1v) is 5.03. The van der Waals surface area contributed by atoms with E-state index in [9.17, 15) is 5.11 Å². The predicted molar refractivity (Wildman–Crippen MR) is 64.3 cm³/mol. The largest absolute Gasteiger partial charge is 0.506 e. The van der Waals surface area contributed by atoms with E-state index < -0.39 is 0 Å². The van der Waals surface area contributed by atoms with E-state index in [1.54, 1.807) is 12.2 Å². The number of nitrogens with two attached hydrogens (primary N) is 1. The zero-order chi connectivity index (χ0) is 12.1. The molecule has 0 unspecified atom stereocenters. The van der Waals surface area contributed by atoms with Crippen LogP contribution in [0.3, 0.4) is 0 Å². The standard InChI is InChI=1S/C11H14ClNO3/c1-15-9-6-8(14)10(12)7(4-3-5-13)11(9)16-2/h3-4,6,14H,5,13H2,1-2H3/b4-3+. The number of rotatable bonds is 4. The van der Waals surface area contributed by atoms with Crippen molar-refractivity contribution in [2.45, 2.75) is 0 Å².